The van der Waals surface area contributed by atoms with Gasteiger partial charge in [0.1, 0.15) is 24.4 Å². The van der Waals surface area contributed by atoms with Crippen LogP contribution in [0.2, 0.25) is 0 Å². The molecule has 0 saturated carbocycles. The number of aliphatic hydroxyl groups is 5. The van der Waals surface area contributed by atoms with E-state index in [1.807, 2.05) is 73.3 Å². The standard InChI is InChI=1S/C37H50N4O10/c1-37(2)26-12-6-7-13-27(26)40(36(37)50)25-16-19-39(20-17-25)34(48)28(15-14-23-9-4-3-5-10-23)41(33(47)24-11-8-18-38-21-24)51-35(49)32(46)31(45)30(44)29(43)22-42/h3-7,9-10,12-13,24-25,28-32,38,42-46H,8,11,14-22H2,1-2H3/t24-,28+,29-,30-,31+,32-/m1/s1. The minimum atomic E-state index is -2.42. The van der Waals surface area contributed by atoms with Crippen molar-refractivity contribution in [1.82, 2.24) is 15.3 Å². The summed E-state index contributed by atoms with van der Waals surface area (Å²) in [6, 6.07) is 15.5. The molecule has 2 fully saturated rings. The van der Waals surface area contributed by atoms with Crippen molar-refractivity contribution in [3.63, 3.8) is 0 Å². The van der Waals surface area contributed by atoms with Crippen LogP contribution >= 0.6 is 0 Å². The quantitative estimate of drug-likeness (QED) is 0.162. The van der Waals surface area contributed by atoms with Gasteiger partial charge in [-0.2, -0.15) is 5.06 Å². The molecular weight excluding hydrogens is 660 g/mol. The number of rotatable bonds is 12. The minimum absolute atomic E-state index is 0.00337. The summed E-state index contributed by atoms with van der Waals surface area (Å²) < 4.78 is 0. The highest BCUT2D eigenvalue weighted by Crippen LogP contribution is 2.43. The van der Waals surface area contributed by atoms with E-state index in [1.165, 1.54) is 0 Å². The number of anilines is 1. The Balaban J connectivity index is 1.39. The van der Waals surface area contributed by atoms with Crippen molar-refractivity contribution < 1.29 is 49.5 Å². The summed E-state index contributed by atoms with van der Waals surface area (Å²) in [6.07, 6.45) is -6.21. The Morgan fingerprint density at radius 1 is 0.961 bits per heavy atom. The third kappa shape index (κ3) is 8.27. The smallest absolute Gasteiger partial charge is 0.363 e. The highest BCUT2D eigenvalue weighted by molar-refractivity contribution is 6.08. The molecule has 6 atom stereocenters. The van der Waals surface area contributed by atoms with Gasteiger partial charge in [-0.3, -0.25) is 14.4 Å². The van der Waals surface area contributed by atoms with Crippen LogP contribution in [-0.2, 0) is 35.9 Å². The molecule has 0 radical (unpaired) electrons. The van der Waals surface area contributed by atoms with Crippen molar-refractivity contribution in [2.45, 2.75) is 94.3 Å². The first-order valence-electron chi connectivity index (χ1n) is 17.7. The number of piperidine rings is 2. The lowest BCUT2D eigenvalue weighted by atomic mass is 9.86. The second-order valence-electron chi connectivity index (χ2n) is 14.2. The van der Waals surface area contributed by atoms with Crippen LogP contribution in [0.1, 0.15) is 57.1 Å². The molecule has 0 aromatic heterocycles. The van der Waals surface area contributed by atoms with E-state index in [9.17, 15) is 39.6 Å². The maximum absolute atomic E-state index is 14.5. The molecule has 3 heterocycles. The lowest BCUT2D eigenvalue weighted by molar-refractivity contribution is -0.225. The molecule has 2 saturated heterocycles. The normalized spacial score (nSPS) is 22.0. The van der Waals surface area contributed by atoms with Crippen LogP contribution in [0.3, 0.4) is 0 Å². The van der Waals surface area contributed by atoms with Gasteiger partial charge in [0, 0.05) is 31.4 Å². The van der Waals surface area contributed by atoms with Crippen molar-refractivity contribution in [3.8, 4) is 0 Å². The predicted molar refractivity (Wildman–Crippen MR) is 185 cm³/mol. The van der Waals surface area contributed by atoms with Gasteiger partial charge in [-0.05, 0) is 76.1 Å². The number of likely N-dealkylation sites (tertiary alicyclic amines) is 1. The molecule has 0 bridgehead atoms. The van der Waals surface area contributed by atoms with Crippen molar-refractivity contribution in [3.05, 3.63) is 65.7 Å². The highest BCUT2D eigenvalue weighted by atomic mass is 16.7. The molecule has 0 aliphatic carbocycles. The van der Waals surface area contributed by atoms with E-state index in [0.29, 0.717) is 43.7 Å². The van der Waals surface area contributed by atoms with E-state index in [2.05, 4.69) is 5.32 Å². The fraction of sp³-hybridized carbons (Fsp3) is 0.568. The summed E-state index contributed by atoms with van der Waals surface area (Å²) in [6.45, 7) is 4.35. The Labute approximate surface area is 297 Å². The fourth-order valence-electron chi connectivity index (χ4n) is 7.26. The lowest BCUT2D eigenvalue weighted by Crippen LogP contribution is -2.58. The molecular formula is C37H50N4O10. The Bertz CT molecular complexity index is 1530. The van der Waals surface area contributed by atoms with E-state index in [-0.39, 0.29) is 38.0 Å². The van der Waals surface area contributed by atoms with Gasteiger partial charge in [-0.15, -0.1) is 0 Å². The Kier molecular flexibility index (Phi) is 12.5. The van der Waals surface area contributed by atoms with E-state index in [4.69, 9.17) is 9.94 Å². The number of amides is 3. The summed E-state index contributed by atoms with van der Waals surface area (Å²) in [7, 11) is 0. The summed E-state index contributed by atoms with van der Waals surface area (Å²) in [5.41, 5.74) is 2.00. The molecule has 14 nitrogen and oxygen atoms in total. The number of carbonyl (C=O) groups is 4. The van der Waals surface area contributed by atoms with Crippen LogP contribution in [0.25, 0.3) is 0 Å². The zero-order chi connectivity index (χ0) is 36.9. The first-order valence-corrected chi connectivity index (χ1v) is 17.7. The van der Waals surface area contributed by atoms with Crippen molar-refractivity contribution in [2.75, 3.05) is 37.7 Å². The van der Waals surface area contributed by atoms with Gasteiger partial charge < -0.3 is 45.5 Å². The fourth-order valence-corrected chi connectivity index (χ4v) is 7.26. The van der Waals surface area contributed by atoms with Gasteiger partial charge in [0.2, 0.25) is 11.8 Å². The summed E-state index contributed by atoms with van der Waals surface area (Å²) >= 11 is 0. The number of aliphatic hydroxyl groups excluding tert-OH is 5. The molecule has 14 heteroatoms. The first kappa shape index (κ1) is 38.3. The molecule has 3 aliphatic rings. The van der Waals surface area contributed by atoms with Gasteiger partial charge in [-0.25, -0.2) is 4.79 Å². The highest BCUT2D eigenvalue weighted by Gasteiger charge is 2.48. The average molecular weight is 711 g/mol. The van der Waals surface area contributed by atoms with E-state index < -0.39 is 66.2 Å². The average Bonchev–Trinajstić information content (AvgIpc) is 3.37. The molecule has 278 valence electrons. The molecule has 51 heavy (non-hydrogen) atoms. The van der Waals surface area contributed by atoms with E-state index in [0.717, 1.165) is 16.8 Å². The molecule has 2 aromatic rings. The SMILES string of the molecule is CC1(C)C(=O)N(C2CCN(C(=O)[C@H](CCc3ccccc3)N(OC(=O)[C@H](O)[C@@H](O)[C@H](O)[C@H](O)CO)C(=O)[C@@H]3CCCNC3)CC2)c2ccccc21. The zero-order valence-corrected chi connectivity index (χ0v) is 29.1. The number of hydrogen-bond acceptors (Lipinski definition) is 11. The molecule has 2 aromatic carbocycles. The predicted octanol–water partition coefficient (Wildman–Crippen LogP) is 0.0255. The number of nitrogens with one attached hydrogen (secondary N) is 1. The van der Waals surface area contributed by atoms with E-state index >= 15 is 0 Å². The number of para-hydroxylation sites is 1. The third-order valence-corrected chi connectivity index (χ3v) is 10.4. The van der Waals surface area contributed by atoms with Crippen molar-refractivity contribution in [1.29, 1.82) is 0 Å². The first-order chi connectivity index (χ1) is 24.4. The molecule has 0 spiro atoms. The maximum atomic E-state index is 14.5. The lowest BCUT2D eigenvalue weighted by Gasteiger charge is -2.40. The molecule has 3 aliphatic heterocycles. The van der Waals surface area contributed by atoms with Gasteiger partial charge in [0.25, 0.3) is 5.91 Å². The summed E-state index contributed by atoms with van der Waals surface area (Å²) in [4.78, 5) is 64.5. The molecule has 6 N–H and O–H groups in total. The van der Waals surface area contributed by atoms with Crippen molar-refractivity contribution in [2.24, 2.45) is 5.92 Å². The molecule has 0 unspecified atom stereocenters. The number of carbonyl (C=O) groups excluding carboxylic acids is 4. The number of aryl methyl sites for hydroxylation is 1. The number of hydrogen-bond donors (Lipinski definition) is 6. The van der Waals surface area contributed by atoms with Crippen LogP contribution in [0, 0.1) is 5.92 Å². The Morgan fingerprint density at radius 3 is 2.27 bits per heavy atom. The zero-order valence-electron chi connectivity index (χ0n) is 29.1. The van der Waals surface area contributed by atoms with Crippen molar-refractivity contribution >= 4 is 29.4 Å². The largest absolute Gasteiger partial charge is 0.394 e. The second-order valence-corrected chi connectivity index (χ2v) is 14.2. The van der Waals surface area contributed by atoms with Gasteiger partial charge in [-0.1, -0.05) is 48.5 Å². The van der Waals surface area contributed by atoms with Gasteiger partial charge >= 0.3 is 5.97 Å². The summed E-state index contributed by atoms with van der Waals surface area (Å²) in [5.74, 6) is -3.31. The number of benzene rings is 2. The third-order valence-electron chi connectivity index (χ3n) is 10.4. The number of hydroxylamine groups is 2. The van der Waals surface area contributed by atoms with Crippen LogP contribution in [-0.4, -0.2) is 128 Å². The van der Waals surface area contributed by atoms with Crippen LogP contribution in [0.15, 0.2) is 54.6 Å². The second kappa shape index (κ2) is 16.6. The van der Waals surface area contributed by atoms with Crippen LogP contribution < -0.4 is 10.2 Å². The minimum Gasteiger partial charge on any atom is -0.394 e. The maximum Gasteiger partial charge on any atom is 0.363 e. The monoisotopic (exact) mass is 710 g/mol. The molecule has 3 amide bonds. The topological polar surface area (TPSA) is 200 Å². The number of fused-ring (bicyclic) bond motifs is 1. The molecule has 5 rings (SSSR count). The van der Waals surface area contributed by atoms with Gasteiger partial charge in [0.05, 0.1) is 17.9 Å². The Hall–Kier alpha value is -3.92. The summed E-state index contributed by atoms with van der Waals surface area (Å²) in [5, 5.41) is 53.9. The number of nitrogens with zero attached hydrogens (tertiary/aromatic N) is 3. The van der Waals surface area contributed by atoms with Crippen LogP contribution in [0.4, 0.5) is 5.69 Å². The van der Waals surface area contributed by atoms with E-state index in [1.54, 1.807) is 4.90 Å². The Morgan fingerprint density at radius 2 is 1.63 bits per heavy atom. The van der Waals surface area contributed by atoms with Gasteiger partial charge in [0.15, 0.2) is 6.10 Å². The van der Waals surface area contributed by atoms with Crippen LogP contribution in [0.5, 0.6) is 0 Å².